The Hall–Kier alpha value is -2.02. The van der Waals surface area contributed by atoms with Gasteiger partial charge in [0.15, 0.2) is 5.60 Å². The number of alkyl halides is 3. The highest BCUT2D eigenvalue weighted by molar-refractivity contribution is 5.86. The Morgan fingerprint density at radius 3 is 2.65 bits per heavy atom. The van der Waals surface area contributed by atoms with Gasteiger partial charge in [0.2, 0.25) is 0 Å². The van der Waals surface area contributed by atoms with Gasteiger partial charge < -0.3 is 19.4 Å². The highest BCUT2D eigenvalue weighted by Gasteiger charge is 2.53. The third-order valence-electron chi connectivity index (χ3n) is 4.37. The van der Waals surface area contributed by atoms with Crippen LogP contribution in [0.25, 0.3) is 0 Å². The largest absolute Gasteiger partial charge is 0.545 e. The summed E-state index contributed by atoms with van der Waals surface area (Å²) in [7, 11) is 0. The molecule has 3 rings (SSSR count). The maximum atomic E-state index is 13.2. The maximum absolute atomic E-state index is 13.2. The Labute approximate surface area is 130 Å². The molecule has 4 nitrogen and oxygen atoms in total. The minimum atomic E-state index is -4.67. The van der Waals surface area contributed by atoms with E-state index in [9.17, 15) is 23.1 Å². The number of rotatable bonds is 4. The molecule has 2 heterocycles. The van der Waals surface area contributed by atoms with Gasteiger partial charge in [0.1, 0.15) is 11.9 Å². The van der Waals surface area contributed by atoms with Crippen molar-refractivity contribution in [1.29, 1.82) is 0 Å². The van der Waals surface area contributed by atoms with Crippen molar-refractivity contribution in [2.24, 2.45) is 0 Å². The van der Waals surface area contributed by atoms with Gasteiger partial charge in [-0.2, -0.15) is 13.2 Å². The standard InChI is InChI=1S/C16H15F3O4/c1-2-15(8-10-4-6-13(15)22-10)23-12-7-9(14(20)21)3-5-11(12)16(17,18)19/h2-3,5,7,10,13H,1,4,6,8H2,(H,20,21)/p-1. The molecule has 0 aliphatic carbocycles. The molecule has 0 amide bonds. The lowest BCUT2D eigenvalue weighted by molar-refractivity contribution is -0.255. The average molecular weight is 327 g/mol. The van der Waals surface area contributed by atoms with E-state index >= 15 is 0 Å². The summed E-state index contributed by atoms with van der Waals surface area (Å²) in [6.45, 7) is 3.66. The molecule has 0 saturated carbocycles. The number of ether oxygens (including phenoxy) is 2. The van der Waals surface area contributed by atoms with Crippen LogP contribution in [0.15, 0.2) is 30.9 Å². The Morgan fingerprint density at radius 1 is 1.43 bits per heavy atom. The van der Waals surface area contributed by atoms with E-state index in [0.29, 0.717) is 18.9 Å². The van der Waals surface area contributed by atoms with Crippen LogP contribution in [0.2, 0.25) is 0 Å². The highest BCUT2D eigenvalue weighted by atomic mass is 19.4. The number of benzene rings is 1. The van der Waals surface area contributed by atoms with Gasteiger partial charge in [0.05, 0.1) is 17.6 Å². The molecule has 0 spiro atoms. The molecule has 3 atom stereocenters. The molecule has 1 aromatic carbocycles. The van der Waals surface area contributed by atoms with E-state index < -0.39 is 29.1 Å². The molecule has 3 unspecified atom stereocenters. The van der Waals surface area contributed by atoms with Gasteiger partial charge in [-0.3, -0.25) is 0 Å². The lowest BCUT2D eigenvalue weighted by Crippen LogP contribution is -2.43. The van der Waals surface area contributed by atoms with Crippen molar-refractivity contribution in [3.63, 3.8) is 0 Å². The van der Waals surface area contributed by atoms with Gasteiger partial charge in [-0.05, 0) is 31.1 Å². The topological polar surface area (TPSA) is 58.6 Å². The molecule has 23 heavy (non-hydrogen) atoms. The normalized spacial score (nSPS) is 29.5. The Balaban J connectivity index is 2.02. The number of carboxylic acid groups (broad SMARTS) is 1. The molecule has 0 radical (unpaired) electrons. The van der Waals surface area contributed by atoms with Crippen molar-refractivity contribution < 1.29 is 32.5 Å². The Morgan fingerprint density at radius 2 is 2.17 bits per heavy atom. The molecular weight excluding hydrogens is 313 g/mol. The number of carboxylic acids is 1. The molecule has 1 aromatic rings. The first-order valence-electron chi connectivity index (χ1n) is 7.16. The van der Waals surface area contributed by atoms with E-state index in [1.165, 1.54) is 6.08 Å². The van der Waals surface area contributed by atoms with Crippen molar-refractivity contribution in [2.45, 2.75) is 43.2 Å². The molecule has 0 N–H and O–H groups in total. The van der Waals surface area contributed by atoms with Gasteiger partial charge in [-0.15, -0.1) is 0 Å². The fourth-order valence-corrected chi connectivity index (χ4v) is 3.24. The van der Waals surface area contributed by atoms with Crippen LogP contribution in [0, 0.1) is 0 Å². The average Bonchev–Trinajstić information content (AvgIpc) is 3.07. The smallest absolute Gasteiger partial charge is 0.419 e. The van der Waals surface area contributed by atoms with E-state index in [2.05, 4.69) is 6.58 Å². The molecule has 124 valence electrons. The molecule has 2 fully saturated rings. The second-order valence-corrected chi connectivity index (χ2v) is 5.79. The summed E-state index contributed by atoms with van der Waals surface area (Å²) in [4.78, 5) is 10.9. The zero-order valence-electron chi connectivity index (χ0n) is 12.1. The van der Waals surface area contributed by atoms with E-state index in [4.69, 9.17) is 9.47 Å². The Bertz CT molecular complexity index is 655. The molecule has 7 heteroatoms. The summed E-state index contributed by atoms with van der Waals surface area (Å²) in [5, 5.41) is 10.9. The predicted octanol–water partition coefficient (Wildman–Crippen LogP) is 2.32. The SMILES string of the molecule is C=CC1(Oc2cc(C(=O)[O-])ccc2C(F)(F)F)CC2CCC1O2. The predicted molar refractivity (Wildman–Crippen MR) is 71.8 cm³/mol. The van der Waals surface area contributed by atoms with E-state index in [-0.39, 0.29) is 17.8 Å². The summed E-state index contributed by atoms with van der Waals surface area (Å²) in [5.74, 6) is -2.12. The minimum absolute atomic E-state index is 0.0725. The second kappa shape index (κ2) is 5.26. The van der Waals surface area contributed by atoms with Crippen LogP contribution in [0.1, 0.15) is 35.2 Å². The first-order chi connectivity index (χ1) is 10.7. The van der Waals surface area contributed by atoms with Crippen molar-refractivity contribution in [3.05, 3.63) is 42.0 Å². The number of carbonyl (C=O) groups is 1. The molecule has 2 bridgehead atoms. The third-order valence-corrected chi connectivity index (χ3v) is 4.37. The number of aromatic carboxylic acids is 1. The van der Waals surface area contributed by atoms with Gasteiger partial charge in [-0.1, -0.05) is 12.6 Å². The molecule has 2 aliphatic rings. The molecule has 0 aromatic heterocycles. The van der Waals surface area contributed by atoms with Gasteiger partial charge in [0.25, 0.3) is 0 Å². The molecule has 2 aliphatic heterocycles. The van der Waals surface area contributed by atoms with E-state index in [0.717, 1.165) is 18.6 Å². The van der Waals surface area contributed by atoms with Crippen LogP contribution in [-0.2, 0) is 10.9 Å². The van der Waals surface area contributed by atoms with Crippen LogP contribution in [0.5, 0.6) is 5.75 Å². The number of halogens is 3. The minimum Gasteiger partial charge on any atom is -0.545 e. The van der Waals surface area contributed by atoms with Gasteiger partial charge >= 0.3 is 6.18 Å². The number of fused-ring (bicyclic) bond motifs is 2. The summed E-state index contributed by atoms with van der Waals surface area (Å²) in [6, 6.07) is 2.38. The van der Waals surface area contributed by atoms with Gasteiger partial charge in [0, 0.05) is 12.0 Å². The monoisotopic (exact) mass is 327 g/mol. The first-order valence-corrected chi connectivity index (χ1v) is 7.16. The fraction of sp³-hybridized carbons (Fsp3) is 0.438. The summed E-state index contributed by atoms with van der Waals surface area (Å²) < 4.78 is 50.8. The van der Waals surface area contributed by atoms with Crippen LogP contribution >= 0.6 is 0 Å². The van der Waals surface area contributed by atoms with Crippen LogP contribution in [-0.4, -0.2) is 23.8 Å². The second-order valence-electron chi connectivity index (χ2n) is 5.79. The highest BCUT2D eigenvalue weighted by Crippen LogP contribution is 2.47. The quantitative estimate of drug-likeness (QED) is 0.797. The van der Waals surface area contributed by atoms with Crippen LogP contribution in [0.3, 0.4) is 0 Å². The maximum Gasteiger partial charge on any atom is 0.419 e. The van der Waals surface area contributed by atoms with E-state index in [1.54, 1.807) is 0 Å². The van der Waals surface area contributed by atoms with Crippen LogP contribution in [0.4, 0.5) is 13.2 Å². The zero-order valence-corrected chi connectivity index (χ0v) is 12.1. The van der Waals surface area contributed by atoms with E-state index in [1.807, 2.05) is 0 Å². The molecular formula is C16H14F3O4-. The lowest BCUT2D eigenvalue weighted by Gasteiger charge is -2.34. The number of carbonyl (C=O) groups excluding carboxylic acids is 1. The number of hydrogen-bond donors (Lipinski definition) is 0. The fourth-order valence-electron chi connectivity index (χ4n) is 3.24. The number of hydrogen-bond acceptors (Lipinski definition) is 4. The first kappa shape index (κ1) is 15.9. The molecule has 2 saturated heterocycles. The van der Waals surface area contributed by atoms with Gasteiger partial charge in [-0.25, -0.2) is 0 Å². The van der Waals surface area contributed by atoms with Crippen molar-refractivity contribution in [3.8, 4) is 5.75 Å². The lowest BCUT2D eigenvalue weighted by atomic mass is 9.84. The van der Waals surface area contributed by atoms with Crippen molar-refractivity contribution in [2.75, 3.05) is 0 Å². The van der Waals surface area contributed by atoms with Crippen molar-refractivity contribution in [1.82, 2.24) is 0 Å². The Kier molecular flexibility index (Phi) is 3.63. The van der Waals surface area contributed by atoms with Crippen LogP contribution < -0.4 is 9.84 Å². The summed E-state index contributed by atoms with van der Waals surface area (Å²) in [5.41, 5.74) is -2.49. The summed E-state index contributed by atoms with van der Waals surface area (Å²) >= 11 is 0. The third kappa shape index (κ3) is 2.69. The van der Waals surface area contributed by atoms with Crippen molar-refractivity contribution >= 4 is 5.97 Å². The zero-order chi connectivity index (χ0) is 16.8. The summed E-state index contributed by atoms with van der Waals surface area (Å²) in [6.07, 6.45) is -1.78.